The molecule has 2 rings (SSSR count). The molecular weight excluding hydrogens is 452 g/mol. The fourth-order valence-electron chi connectivity index (χ4n) is 3.75. The van der Waals surface area contributed by atoms with Crippen molar-refractivity contribution in [2.75, 3.05) is 38.5 Å². The molecule has 0 bridgehead atoms. The van der Waals surface area contributed by atoms with Gasteiger partial charge >= 0.3 is 10.2 Å². The molecule has 186 valence electrons. The largest absolute Gasteiger partial charge is 0.357 e. The Balaban J connectivity index is 2.46. The van der Waals surface area contributed by atoms with E-state index >= 15 is 0 Å². The van der Waals surface area contributed by atoms with Gasteiger partial charge in [-0.2, -0.15) is 12.7 Å². The minimum absolute atomic E-state index is 0.280. The SMILES string of the molecule is CCC(C(=O)NC)N(CCc1ccccc1)C(=O)CN(c1cc(C)ccc1C)S(=O)(=O)N(C)C. The van der Waals surface area contributed by atoms with Gasteiger partial charge in [0.25, 0.3) is 0 Å². The van der Waals surface area contributed by atoms with Crippen molar-refractivity contribution in [3.05, 3.63) is 65.2 Å². The average Bonchev–Trinajstić information content (AvgIpc) is 2.81. The first-order valence-electron chi connectivity index (χ1n) is 11.3. The number of likely N-dealkylation sites (N-methyl/N-ethyl adjacent to an activating group) is 1. The molecule has 2 amide bonds. The Hall–Kier alpha value is -2.91. The summed E-state index contributed by atoms with van der Waals surface area (Å²) in [6.45, 7) is 5.40. The molecule has 0 aliphatic heterocycles. The fourth-order valence-corrected chi connectivity index (χ4v) is 4.87. The zero-order chi connectivity index (χ0) is 25.5. The van der Waals surface area contributed by atoms with Crippen molar-refractivity contribution in [1.82, 2.24) is 14.5 Å². The van der Waals surface area contributed by atoms with Gasteiger partial charge in [-0.25, -0.2) is 4.31 Å². The molecule has 0 saturated heterocycles. The Kier molecular flexibility index (Phi) is 9.64. The number of hydrogen-bond acceptors (Lipinski definition) is 4. The lowest BCUT2D eigenvalue weighted by Crippen LogP contribution is -2.53. The van der Waals surface area contributed by atoms with E-state index in [1.807, 2.05) is 63.2 Å². The predicted octanol–water partition coefficient (Wildman–Crippen LogP) is 2.51. The van der Waals surface area contributed by atoms with Crippen LogP contribution in [0.25, 0.3) is 0 Å². The van der Waals surface area contributed by atoms with Crippen molar-refractivity contribution < 1.29 is 18.0 Å². The van der Waals surface area contributed by atoms with Crippen molar-refractivity contribution in [2.24, 2.45) is 0 Å². The first-order chi connectivity index (χ1) is 16.0. The van der Waals surface area contributed by atoms with Crippen molar-refractivity contribution in [2.45, 2.75) is 39.7 Å². The zero-order valence-corrected chi connectivity index (χ0v) is 21.7. The molecule has 0 spiro atoms. The summed E-state index contributed by atoms with van der Waals surface area (Å²) in [5.41, 5.74) is 3.08. The summed E-state index contributed by atoms with van der Waals surface area (Å²) >= 11 is 0. The van der Waals surface area contributed by atoms with E-state index in [4.69, 9.17) is 0 Å². The highest BCUT2D eigenvalue weighted by Crippen LogP contribution is 2.26. The van der Waals surface area contributed by atoms with Gasteiger partial charge in [-0.3, -0.25) is 9.59 Å². The third kappa shape index (κ3) is 6.57. The third-order valence-electron chi connectivity index (χ3n) is 5.77. The molecule has 0 radical (unpaired) electrons. The first kappa shape index (κ1) is 27.3. The fraction of sp³-hybridized carbons (Fsp3) is 0.440. The standard InChI is InChI=1S/C25H36N4O4S/c1-7-22(25(31)26-4)28(16-15-21-11-9-8-10-12-21)24(30)18-29(34(32,33)27(5)6)23-17-19(2)13-14-20(23)3/h8-14,17,22H,7,15-16,18H2,1-6H3,(H,26,31). The van der Waals surface area contributed by atoms with Crippen molar-refractivity contribution >= 4 is 27.7 Å². The second-order valence-electron chi connectivity index (χ2n) is 8.45. The van der Waals surface area contributed by atoms with E-state index in [9.17, 15) is 18.0 Å². The lowest BCUT2D eigenvalue weighted by molar-refractivity contribution is -0.139. The van der Waals surface area contributed by atoms with Crippen LogP contribution >= 0.6 is 0 Å². The van der Waals surface area contributed by atoms with Gasteiger partial charge in [0.1, 0.15) is 12.6 Å². The van der Waals surface area contributed by atoms with E-state index in [0.717, 1.165) is 25.3 Å². The van der Waals surface area contributed by atoms with Crippen LogP contribution in [0.1, 0.15) is 30.0 Å². The van der Waals surface area contributed by atoms with Crippen LogP contribution in [0.2, 0.25) is 0 Å². The Morgan fingerprint density at radius 2 is 1.68 bits per heavy atom. The molecule has 8 nitrogen and oxygen atoms in total. The van der Waals surface area contributed by atoms with Gasteiger partial charge in [0.05, 0.1) is 5.69 Å². The molecule has 0 fully saturated rings. The number of anilines is 1. The summed E-state index contributed by atoms with van der Waals surface area (Å²) in [5.74, 6) is -0.713. The van der Waals surface area contributed by atoms with Gasteiger partial charge in [0.2, 0.25) is 11.8 Å². The summed E-state index contributed by atoms with van der Waals surface area (Å²) in [6, 6.07) is 14.5. The number of benzene rings is 2. The minimum atomic E-state index is -3.97. The van der Waals surface area contributed by atoms with Crippen LogP contribution in [0, 0.1) is 13.8 Å². The van der Waals surface area contributed by atoms with E-state index in [-0.39, 0.29) is 12.5 Å². The number of carbonyl (C=O) groups excluding carboxylic acids is 2. The van der Waals surface area contributed by atoms with Crippen LogP contribution in [0.3, 0.4) is 0 Å². The number of aryl methyl sites for hydroxylation is 2. The van der Waals surface area contributed by atoms with E-state index in [0.29, 0.717) is 18.5 Å². The van der Waals surface area contributed by atoms with Crippen LogP contribution in [-0.4, -0.2) is 69.7 Å². The molecule has 2 aromatic rings. The van der Waals surface area contributed by atoms with Gasteiger partial charge < -0.3 is 10.2 Å². The summed E-state index contributed by atoms with van der Waals surface area (Å²) < 4.78 is 28.7. The second kappa shape index (κ2) is 12.0. The Morgan fingerprint density at radius 3 is 2.24 bits per heavy atom. The topological polar surface area (TPSA) is 90.0 Å². The summed E-state index contributed by atoms with van der Waals surface area (Å²) in [5, 5.41) is 2.63. The van der Waals surface area contributed by atoms with Crippen LogP contribution in [0.5, 0.6) is 0 Å². The molecule has 9 heteroatoms. The Morgan fingerprint density at radius 1 is 1.03 bits per heavy atom. The zero-order valence-electron chi connectivity index (χ0n) is 20.9. The van der Waals surface area contributed by atoms with E-state index in [1.54, 1.807) is 6.07 Å². The predicted molar refractivity (Wildman–Crippen MR) is 136 cm³/mol. The summed E-state index contributed by atoms with van der Waals surface area (Å²) in [7, 11) is 0.435. The number of carbonyl (C=O) groups is 2. The number of nitrogens with zero attached hydrogens (tertiary/aromatic N) is 3. The molecule has 0 saturated carbocycles. The number of amides is 2. The van der Waals surface area contributed by atoms with E-state index in [1.165, 1.54) is 26.0 Å². The smallest absolute Gasteiger partial charge is 0.304 e. The molecule has 0 aliphatic rings. The normalized spacial score (nSPS) is 12.3. The highest BCUT2D eigenvalue weighted by molar-refractivity contribution is 7.90. The van der Waals surface area contributed by atoms with Crippen LogP contribution in [0.15, 0.2) is 48.5 Å². The Labute approximate surface area is 203 Å². The molecule has 1 unspecified atom stereocenters. The Bertz CT molecular complexity index is 1090. The first-order valence-corrected chi connectivity index (χ1v) is 12.7. The number of hydrogen-bond donors (Lipinski definition) is 1. The molecule has 34 heavy (non-hydrogen) atoms. The average molecular weight is 489 g/mol. The lowest BCUT2D eigenvalue weighted by atomic mass is 10.1. The second-order valence-corrected chi connectivity index (χ2v) is 10.5. The molecule has 1 atom stereocenters. The molecule has 0 aromatic heterocycles. The lowest BCUT2D eigenvalue weighted by Gasteiger charge is -2.34. The number of rotatable bonds is 11. The highest BCUT2D eigenvalue weighted by atomic mass is 32.2. The van der Waals surface area contributed by atoms with Crippen LogP contribution in [0.4, 0.5) is 5.69 Å². The van der Waals surface area contributed by atoms with Gasteiger partial charge in [0.15, 0.2) is 0 Å². The molecule has 1 N–H and O–H groups in total. The molecule has 0 aliphatic carbocycles. The van der Waals surface area contributed by atoms with E-state index in [2.05, 4.69) is 5.32 Å². The maximum atomic E-state index is 13.7. The molecule has 0 heterocycles. The van der Waals surface area contributed by atoms with E-state index < -0.39 is 28.7 Å². The monoisotopic (exact) mass is 488 g/mol. The van der Waals surface area contributed by atoms with Crippen molar-refractivity contribution in [1.29, 1.82) is 0 Å². The quantitative estimate of drug-likeness (QED) is 0.526. The van der Waals surface area contributed by atoms with Gasteiger partial charge in [-0.05, 0) is 49.4 Å². The third-order valence-corrected chi connectivity index (χ3v) is 7.57. The van der Waals surface area contributed by atoms with Crippen LogP contribution in [-0.2, 0) is 26.2 Å². The summed E-state index contributed by atoms with van der Waals surface area (Å²) in [4.78, 5) is 27.8. The van der Waals surface area contributed by atoms with Gasteiger partial charge in [-0.1, -0.05) is 49.4 Å². The van der Waals surface area contributed by atoms with Crippen molar-refractivity contribution in [3.63, 3.8) is 0 Å². The van der Waals surface area contributed by atoms with Crippen molar-refractivity contribution in [3.8, 4) is 0 Å². The molecule has 2 aromatic carbocycles. The van der Waals surface area contributed by atoms with Gasteiger partial charge in [0, 0.05) is 27.7 Å². The minimum Gasteiger partial charge on any atom is -0.357 e. The summed E-state index contributed by atoms with van der Waals surface area (Å²) in [6.07, 6.45) is 0.952. The van der Waals surface area contributed by atoms with Gasteiger partial charge in [-0.15, -0.1) is 0 Å². The maximum Gasteiger partial charge on any atom is 0.304 e. The van der Waals surface area contributed by atoms with Crippen LogP contribution < -0.4 is 9.62 Å². The highest BCUT2D eigenvalue weighted by Gasteiger charge is 2.33. The number of nitrogens with one attached hydrogen (secondary N) is 1. The molecular formula is C25H36N4O4S. The maximum absolute atomic E-state index is 13.7.